The summed E-state index contributed by atoms with van der Waals surface area (Å²) >= 11 is 0. The molecule has 1 aromatic heterocycles. The number of nitrogens with zero attached hydrogens (tertiary/aromatic N) is 2. The Morgan fingerprint density at radius 3 is 0.957 bits per heavy atom. The molecule has 11 aromatic rings. The minimum absolute atomic E-state index is 0.474. The lowest BCUT2D eigenvalue weighted by Crippen LogP contribution is -1.99. The minimum atomic E-state index is 0.474. The first-order valence-electron chi connectivity index (χ1n) is 23.3. The minimum Gasteiger partial charge on any atom is -0.334 e. The molecule has 0 saturated carbocycles. The Hall–Kier alpha value is -9.18. The average Bonchev–Trinajstić information content (AvgIpc) is 3.94. The summed E-state index contributed by atoms with van der Waals surface area (Å²) in [5, 5.41) is 4.31. The van der Waals surface area contributed by atoms with E-state index in [2.05, 4.69) is 254 Å². The van der Waals surface area contributed by atoms with Gasteiger partial charge in [0.25, 0.3) is 5.89 Å². The second-order valence-electron chi connectivity index (χ2n) is 16.9. The van der Waals surface area contributed by atoms with Crippen LogP contribution in [0.25, 0.3) is 67.4 Å². The van der Waals surface area contributed by atoms with E-state index in [1.165, 1.54) is 16.7 Å². The molecule has 0 unspecified atom stereocenters. The van der Waals surface area contributed by atoms with Gasteiger partial charge in [0.05, 0.1) is 0 Å². The highest BCUT2D eigenvalue weighted by atomic mass is 16.5. The maximum Gasteiger partial charge on any atom is 0.258 e. The van der Waals surface area contributed by atoms with E-state index in [0.29, 0.717) is 11.7 Å². The predicted octanol–water partition coefficient (Wildman–Crippen LogP) is 16.8. The SMILES string of the molecule is c1ccc(C(=C(c2ccccc2)c2ccc(-c3ccc(C(=C(c4ccccc4)c4ccccc4)c4ccccc4)cc3-c3ccc(-c4nc(-c5ccccc5)no4)cc3)cc2)c2ccccc2)cc1. The highest BCUT2D eigenvalue weighted by molar-refractivity contribution is 6.06. The van der Waals surface area contributed by atoms with Crippen LogP contribution in [0.15, 0.2) is 284 Å². The fraction of sp³-hybridized carbons (Fsp3) is 0. The lowest BCUT2D eigenvalue weighted by molar-refractivity contribution is 0.432. The summed E-state index contributed by atoms with van der Waals surface area (Å²) in [6, 6.07) is 98.9. The lowest BCUT2D eigenvalue weighted by atomic mass is 9.83. The topological polar surface area (TPSA) is 38.9 Å². The Morgan fingerprint density at radius 2 is 0.551 bits per heavy atom. The molecule has 0 amide bonds. The van der Waals surface area contributed by atoms with Crippen LogP contribution >= 0.6 is 0 Å². The van der Waals surface area contributed by atoms with E-state index in [-0.39, 0.29) is 0 Å². The van der Waals surface area contributed by atoms with E-state index in [9.17, 15) is 0 Å². The Labute approximate surface area is 403 Å². The van der Waals surface area contributed by atoms with Gasteiger partial charge in [0, 0.05) is 11.1 Å². The van der Waals surface area contributed by atoms with Crippen molar-refractivity contribution in [2.75, 3.05) is 0 Å². The molecule has 11 rings (SSSR count). The highest BCUT2D eigenvalue weighted by Crippen LogP contribution is 2.43. The van der Waals surface area contributed by atoms with Crippen molar-refractivity contribution in [2.45, 2.75) is 0 Å². The third-order valence-electron chi connectivity index (χ3n) is 12.6. The number of benzene rings is 10. The van der Waals surface area contributed by atoms with Gasteiger partial charge in [0.1, 0.15) is 0 Å². The third kappa shape index (κ3) is 9.05. The molecule has 10 aromatic carbocycles. The fourth-order valence-corrected chi connectivity index (χ4v) is 9.29. The van der Waals surface area contributed by atoms with Gasteiger partial charge < -0.3 is 4.52 Å². The second-order valence-corrected chi connectivity index (χ2v) is 16.9. The van der Waals surface area contributed by atoms with Crippen LogP contribution in [0.1, 0.15) is 44.5 Å². The van der Waals surface area contributed by atoms with E-state index in [4.69, 9.17) is 9.51 Å². The standard InChI is InChI=1S/C66H46N2O/c1-8-22-49(23-9-1)61(50-24-10-2-11-25-50)63(53-30-16-5-17-31-53)55-40-36-47(37-41-55)59-45-44-58(46-60(59)48-38-42-57(43-39-48)66-67-65(68-69-66)56-34-20-7-21-35-56)64(54-32-18-6-19-33-54)62(51-26-12-3-13-27-51)52-28-14-4-15-29-52/h1-46H. The van der Waals surface area contributed by atoms with E-state index < -0.39 is 0 Å². The molecule has 0 fully saturated rings. The molecule has 1 heterocycles. The Balaban J connectivity index is 1.10. The van der Waals surface area contributed by atoms with Crippen molar-refractivity contribution in [3.63, 3.8) is 0 Å². The summed E-state index contributed by atoms with van der Waals surface area (Å²) in [5.74, 6) is 1.04. The predicted molar refractivity (Wildman–Crippen MR) is 285 cm³/mol. The van der Waals surface area contributed by atoms with E-state index in [1.54, 1.807) is 0 Å². The molecule has 0 spiro atoms. The van der Waals surface area contributed by atoms with Crippen molar-refractivity contribution < 1.29 is 4.52 Å². The molecule has 69 heavy (non-hydrogen) atoms. The largest absolute Gasteiger partial charge is 0.334 e. The van der Waals surface area contributed by atoms with Gasteiger partial charge in [0.2, 0.25) is 5.82 Å². The van der Waals surface area contributed by atoms with Gasteiger partial charge in [-0.1, -0.05) is 266 Å². The Bertz CT molecular complexity index is 3430. The first-order valence-corrected chi connectivity index (χ1v) is 23.3. The van der Waals surface area contributed by atoms with Crippen LogP contribution in [0.5, 0.6) is 0 Å². The third-order valence-corrected chi connectivity index (χ3v) is 12.6. The van der Waals surface area contributed by atoms with Crippen molar-refractivity contribution in [3.05, 3.63) is 324 Å². The van der Waals surface area contributed by atoms with E-state index in [0.717, 1.165) is 83.5 Å². The molecule has 0 N–H and O–H groups in total. The van der Waals surface area contributed by atoms with E-state index >= 15 is 0 Å². The van der Waals surface area contributed by atoms with Crippen LogP contribution in [-0.2, 0) is 0 Å². The number of rotatable bonds is 12. The molecular formula is C66H46N2O. The molecule has 3 nitrogen and oxygen atoms in total. The number of hydrogen-bond acceptors (Lipinski definition) is 3. The lowest BCUT2D eigenvalue weighted by Gasteiger charge is -2.21. The van der Waals surface area contributed by atoms with Crippen molar-refractivity contribution in [1.82, 2.24) is 10.1 Å². The summed E-state index contributed by atoms with van der Waals surface area (Å²) in [6.07, 6.45) is 0. The molecular weight excluding hydrogens is 837 g/mol. The van der Waals surface area contributed by atoms with Crippen LogP contribution in [-0.4, -0.2) is 10.1 Å². The summed E-state index contributed by atoms with van der Waals surface area (Å²) in [4.78, 5) is 4.77. The molecule has 326 valence electrons. The molecule has 0 atom stereocenters. The molecule has 0 aliphatic heterocycles. The molecule has 0 saturated heterocycles. The van der Waals surface area contributed by atoms with Gasteiger partial charge in [-0.2, -0.15) is 4.98 Å². The first kappa shape index (κ1) is 42.5. The zero-order valence-electron chi connectivity index (χ0n) is 37.9. The molecule has 0 aliphatic carbocycles. The Morgan fingerprint density at radius 1 is 0.246 bits per heavy atom. The second kappa shape index (κ2) is 19.7. The normalized spacial score (nSPS) is 10.9. The molecule has 0 aliphatic rings. The zero-order chi connectivity index (χ0) is 46.2. The summed E-state index contributed by atoms with van der Waals surface area (Å²) < 4.78 is 5.82. The van der Waals surface area contributed by atoms with Crippen molar-refractivity contribution >= 4 is 22.3 Å². The quantitative estimate of drug-likeness (QED) is 0.115. The first-order chi connectivity index (χ1) is 34.2. The summed E-state index contributed by atoms with van der Waals surface area (Å²) in [5.41, 5.74) is 20.0. The zero-order valence-corrected chi connectivity index (χ0v) is 37.9. The van der Waals surface area contributed by atoms with Gasteiger partial charge >= 0.3 is 0 Å². The van der Waals surface area contributed by atoms with Crippen LogP contribution in [0.4, 0.5) is 0 Å². The summed E-state index contributed by atoms with van der Waals surface area (Å²) in [7, 11) is 0. The smallest absolute Gasteiger partial charge is 0.258 e. The molecule has 3 heteroatoms. The number of aromatic nitrogens is 2. The van der Waals surface area contributed by atoms with E-state index in [1.807, 2.05) is 30.3 Å². The van der Waals surface area contributed by atoms with Crippen molar-refractivity contribution in [2.24, 2.45) is 0 Å². The van der Waals surface area contributed by atoms with Crippen LogP contribution < -0.4 is 0 Å². The van der Waals surface area contributed by atoms with Gasteiger partial charge in [0.15, 0.2) is 0 Å². The van der Waals surface area contributed by atoms with Gasteiger partial charge in [-0.25, -0.2) is 0 Å². The van der Waals surface area contributed by atoms with Gasteiger partial charge in [-0.3, -0.25) is 0 Å². The fourth-order valence-electron chi connectivity index (χ4n) is 9.29. The van der Waals surface area contributed by atoms with Crippen LogP contribution in [0, 0.1) is 0 Å². The van der Waals surface area contributed by atoms with Crippen LogP contribution in [0.2, 0.25) is 0 Å². The van der Waals surface area contributed by atoms with Gasteiger partial charge in [-0.15, -0.1) is 0 Å². The van der Waals surface area contributed by atoms with Gasteiger partial charge in [-0.05, 0) is 107 Å². The highest BCUT2D eigenvalue weighted by Gasteiger charge is 2.21. The summed E-state index contributed by atoms with van der Waals surface area (Å²) in [6.45, 7) is 0. The monoisotopic (exact) mass is 882 g/mol. The van der Waals surface area contributed by atoms with Crippen LogP contribution in [0.3, 0.4) is 0 Å². The molecule has 0 bridgehead atoms. The molecule has 0 radical (unpaired) electrons. The Kier molecular flexibility index (Phi) is 12.1. The number of hydrogen-bond donors (Lipinski definition) is 0. The maximum absolute atomic E-state index is 5.82. The maximum atomic E-state index is 5.82. The average molecular weight is 883 g/mol. The van der Waals surface area contributed by atoms with Crippen molar-refractivity contribution in [1.29, 1.82) is 0 Å². The van der Waals surface area contributed by atoms with Crippen molar-refractivity contribution in [3.8, 4) is 45.1 Å².